The van der Waals surface area contributed by atoms with E-state index >= 15 is 0 Å². The van der Waals surface area contributed by atoms with E-state index < -0.39 is 17.6 Å². The molecule has 3 aromatic rings. The molecule has 10 heteroatoms. The summed E-state index contributed by atoms with van der Waals surface area (Å²) in [4.78, 5) is 20.4. The number of pyridine rings is 2. The first kappa shape index (κ1) is 15.6. The fraction of sp³-hybridized carbons (Fsp3) is 0.0714. The lowest BCUT2D eigenvalue weighted by Crippen LogP contribution is -2.13. The molecule has 0 saturated heterocycles. The summed E-state index contributed by atoms with van der Waals surface area (Å²) in [6, 6.07) is 5.19. The SMILES string of the molecule is O=C(Nc1cnn(-c2ccc(C(F)(F)F)cn2)n1)c1cccnc1. The van der Waals surface area contributed by atoms with Crippen LogP contribution in [0.3, 0.4) is 0 Å². The smallest absolute Gasteiger partial charge is 0.304 e. The van der Waals surface area contributed by atoms with Gasteiger partial charge < -0.3 is 5.32 Å². The molecule has 0 spiro atoms. The van der Waals surface area contributed by atoms with Gasteiger partial charge in [0, 0.05) is 18.6 Å². The van der Waals surface area contributed by atoms with Gasteiger partial charge in [0.2, 0.25) is 0 Å². The lowest BCUT2D eigenvalue weighted by Gasteiger charge is -2.06. The molecule has 7 nitrogen and oxygen atoms in total. The zero-order valence-corrected chi connectivity index (χ0v) is 11.9. The van der Waals surface area contributed by atoms with Gasteiger partial charge in [-0.3, -0.25) is 9.78 Å². The van der Waals surface area contributed by atoms with Gasteiger partial charge in [-0.1, -0.05) is 0 Å². The number of rotatable bonds is 3. The molecule has 0 unspecified atom stereocenters. The predicted octanol–water partition coefficient (Wildman–Crippen LogP) is 2.33. The summed E-state index contributed by atoms with van der Waals surface area (Å²) in [5.41, 5.74) is -0.539. The molecule has 0 fully saturated rings. The molecule has 3 heterocycles. The predicted molar refractivity (Wildman–Crippen MR) is 76.3 cm³/mol. The highest BCUT2D eigenvalue weighted by atomic mass is 19.4. The fourth-order valence-corrected chi connectivity index (χ4v) is 1.79. The van der Waals surface area contributed by atoms with E-state index in [0.717, 1.165) is 16.9 Å². The van der Waals surface area contributed by atoms with Crippen LogP contribution in [0.15, 0.2) is 49.1 Å². The number of halogens is 3. The van der Waals surface area contributed by atoms with E-state index in [9.17, 15) is 18.0 Å². The summed E-state index contributed by atoms with van der Waals surface area (Å²) >= 11 is 0. The van der Waals surface area contributed by atoms with E-state index in [4.69, 9.17) is 0 Å². The van der Waals surface area contributed by atoms with Crippen LogP contribution in [0.1, 0.15) is 15.9 Å². The molecule has 0 aromatic carbocycles. The fourth-order valence-electron chi connectivity index (χ4n) is 1.79. The second kappa shape index (κ2) is 6.07. The Balaban J connectivity index is 1.75. The monoisotopic (exact) mass is 334 g/mol. The molecule has 24 heavy (non-hydrogen) atoms. The number of hydrogen-bond donors (Lipinski definition) is 1. The molecule has 0 saturated carbocycles. The van der Waals surface area contributed by atoms with Gasteiger partial charge in [-0.25, -0.2) is 4.98 Å². The number of amides is 1. The number of carbonyl (C=O) groups excluding carboxylic acids is 1. The number of hydrogen-bond acceptors (Lipinski definition) is 5. The van der Waals surface area contributed by atoms with Gasteiger partial charge in [0.15, 0.2) is 11.6 Å². The van der Waals surface area contributed by atoms with Crippen LogP contribution in [0.4, 0.5) is 19.0 Å². The quantitative estimate of drug-likeness (QED) is 0.794. The Kier molecular flexibility index (Phi) is 3.94. The third-order valence-corrected chi connectivity index (χ3v) is 2.94. The van der Waals surface area contributed by atoms with Crippen LogP contribution in [0.2, 0.25) is 0 Å². The molecule has 1 N–H and O–H groups in total. The Bertz CT molecular complexity index is 845. The molecule has 122 valence electrons. The third kappa shape index (κ3) is 3.37. The number of carbonyl (C=O) groups is 1. The largest absolute Gasteiger partial charge is 0.417 e. The summed E-state index contributed by atoms with van der Waals surface area (Å²) in [6.45, 7) is 0. The summed E-state index contributed by atoms with van der Waals surface area (Å²) in [6.07, 6.45) is 0.395. The first-order chi connectivity index (χ1) is 11.4. The van der Waals surface area contributed by atoms with Crippen LogP contribution < -0.4 is 5.32 Å². The van der Waals surface area contributed by atoms with E-state index in [0.29, 0.717) is 11.8 Å². The van der Waals surface area contributed by atoms with Crippen LogP contribution >= 0.6 is 0 Å². The molecule has 3 aromatic heterocycles. The Hall–Kier alpha value is -3.30. The minimum atomic E-state index is -4.47. The molecule has 0 aliphatic carbocycles. The van der Waals surface area contributed by atoms with Gasteiger partial charge in [-0.05, 0) is 24.3 Å². The second-order valence-corrected chi connectivity index (χ2v) is 4.62. The van der Waals surface area contributed by atoms with Crippen molar-refractivity contribution in [3.05, 3.63) is 60.2 Å². The summed E-state index contributed by atoms with van der Waals surface area (Å²) in [5, 5.41) is 10.3. The van der Waals surface area contributed by atoms with Gasteiger partial charge in [-0.2, -0.15) is 18.3 Å². The van der Waals surface area contributed by atoms with Crippen LogP contribution in [0.25, 0.3) is 5.82 Å². The molecule has 0 aliphatic rings. The van der Waals surface area contributed by atoms with Crippen molar-refractivity contribution in [1.82, 2.24) is 25.0 Å². The minimum absolute atomic E-state index is 0.0878. The maximum absolute atomic E-state index is 12.5. The molecular weight excluding hydrogens is 325 g/mol. The highest BCUT2D eigenvalue weighted by molar-refractivity contribution is 6.03. The molecule has 1 amide bonds. The first-order valence-corrected chi connectivity index (χ1v) is 6.61. The Morgan fingerprint density at radius 1 is 1.12 bits per heavy atom. The van der Waals surface area contributed by atoms with Crippen LogP contribution in [0.5, 0.6) is 0 Å². The van der Waals surface area contributed by atoms with E-state index in [2.05, 4.69) is 25.5 Å². The zero-order valence-electron chi connectivity index (χ0n) is 11.9. The minimum Gasteiger partial charge on any atom is -0.304 e. The molecular formula is C14H9F3N6O. The van der Waals surface area contributed by atoms with Gasteiger partial charge in [0.05, 0.1) is 17.3 Å². The number of nitrogens with one attached hydrogen (secondary N) is 1. The highest BCUT2D eigenvalue weighted by Gasteiger charge is 2.30. The molecule has 0 bridgehead atoms. The molecule has 0 atom stereocenters. The van der Waals surface area contributed by atoms with Gasteiger partial charge >= 0.3 is 6.18 Å². The number of alkyl halides is 3. The number of aromatic nitrogens is 5. The van der Waals surface area contributed by atoms with Crippen molar-refractivity contribution in [2.45, 2.75) is 6.18 Å². The normalized spacial score (nSPS) is 11.3. The molecule has 0 radical (unpaired) electrons. The van der Waals surface area contributed by atoms with Crippen molar-refractivity contribution in [3.63, 3.8) is 0 Å². The Labute approximate surface area is 133 Å². The van der Waals surface area contributed by atoms with Crippen molar-refractivity contribution in [2.24, 2.45) is 0 Å². The van der Waals surface area contributed by atoms with E-state index in [-0.39, 0.29) is 11.6 Å². The number of anilines is 1. The number of nitrogens with zero attached hydrogens (tertiary/aromatic N) is 5. The Morgan fingerprint density at radius 2 is 1.96 bits per heavy atom. The van der Waals surface area contributed by atoms with Crippen molar-refractivity contribution < 1.29 is 18.0 Å². The lowest BCUT2D eigenvalue weighted by atomic mass is 10.3. The first-order valence-electron chi connectivity index (χ1n) is 6.61. The van der Waals surface area contributed by atoms with Crippen molar-refractivity contribution in [1.29, 1.82) is 0 Å². The summed E-state index contributed by atoms with van der Waals surface area (Å²) in [7, 11) is 0. The van der Waals surface area contributed by atoms with Crippen LogP contribution in [0, 0.1) is 0 Å². The average molecular weight is 334 g/mol. The van der Waals surface area contributed by atoms with E-state index in [1.165, 1.54) is 18.6 Å². The maximum atomic E-state index is 12.5. The summed E-state index contributed by atoms with van der Waals surface area (Å²) < 4.78 is 37.5. The average Bonchev–Trinajstić information content (AvgIpc) is 3.03. The lowest BCUT2D eigenvalue weighted by molar-refractivity contribution is -0.137. The topological polar surface area (TPSA) is 85.6 Å². The van der Waals surface area contributed by atoms with Gasteiger partial charge in [0.25, 0.3) is 5.91 Å². The molecule has 3 rings (SSSR count). The Morgan fingerprint density at radius 3 is 2.58 bits per heavy atom. The van der Waals surface area contributed by atoms with Crippen LogP contribution in [-0.4, -0.2) is 30.9 Å². The van der Waals surface area contributed by atoms with E-state index in [1.54, 1.807) is 12.1 Å². The van der Waals surface area contributed by atoms with Crippen molar-refractivity contribution in [3.8, 4) is 5.82 Å². The van der Waals surface area contributed by atoms with Crippen molar-refractivity contribution in [2.75, 3.05) is 5.32 Å². The zero-order chi connectivity index (χ0) is 17.2. The third-order valence-electron chi connectivity index (χ3n) is 2.94. The second-order valence-electron chi connectivity index (χ2n) is 4.62. The summed E-state index contributed by atoms with van der Waals surface area (Å²) in [5.74, 6) is -0.217. The molecule has 0 aliphatic heterocycles. The van der Waals surface area contributed by atoms with E-state index in [1.807, 2.05) is 0 Å². The van der Waals surface area contributed by atoms with Gasteiger partial charge in [-0.15, -0.1) is 9.90 Å². The van der Waals surface area contributed by atoms with Gasteiger partial charge in [0.1, 0.15) is 0 Å². The van der Waals surface area contributed by atoms with Crippen molar-refractivity contribution >= 4 is 11.7 Å². The highest BCUT2D eigenvalue weighted by Crippen LogP contribution is 2.28. The maximum Gasteiger partial charge on any atom is 0.417 e. The standard InChI is InChI=1S/C14H9F3N6O/c15-14(16,17)10-3-4-12(19-7-10)23-20-8-11(22-23)21-13(24)9-2-1-5-18-6-9/h1-8H,(H,21,22,24). The van der Waals surface area contributed by atoms with Crippen LogP contribution in [-0.2, 0) is 6.18 Å².